The normalized spacial score (nSPS) is 10.1. The van der Waals surface area contributed by atoms with Gasteiger partial charge < -0.3 is 14.5 Å². The first-order valence-corrected chi connectivity index (χ1v) is 6.79. The highest BCUT2D eigenvalue weighted by atomic mass is 16.5. The van der Waals surface area contributed by atoms with Crippen LogP contribution in [0.3, 0.4) is 0 Å². The molecule has 0 bridgehead atoms. The number of carbonyl (C=O) groups excluding carboxylic acids is 3. The number of esters is 1. The lowest BCUT2D eigenvalue weighted by Gasteiger charge is -2.06. The van der Waals surface area contributed by atoms with E-state index in [2.05, 4.69) is 5.32 Å². The fourth-order valence-corrected chi connectivity index (χ4v) is 1.77. The minimum absolute atomic E-state index is 0.235. The summed E-state index contributed by atoms with van der Waals surface area (Å²) in [5.74, 6) is -2.09. The van der Waals surface area contributed by atoms with Crippen LogP contribution in [0.1, 0.15) is 17.5 Å². The minimum atomic E-state index is -0.973. The zero-order chi connectivity index (χ0) is 16.8. The van der Waals surface area contributed by atoms with Gasteiger partial charge >= 0.3 is 12.0 Å². The number of para-hydroxylation sites is 1. The lowest BCUT2D eigenvalue weighted by molar-refractivity contribution is -0.123. The van der Waals surface area contributed by atoms with Crippen LogP contribution in [0.5, 0.6) is 0 Å². The predicted octanol–water partition coefficient (Wildman–Crippen LogP) is 0.795. The fourth-order valence-electron chi connectivity index (χ4n) is 1.77. The molecule has 23 heavy (non-hydrogen) atoms. The molecule has 0 radical (unpaired) electrons. The lowest BCUT2D eigenvalue weighted by Crippen LogP contribution is -2.41. The third-order valence-corrected chi connectivity index (χ3v) is 2.76. The summed E-state index contributed by atoms with van der Waals surface area (Å²) in [6.45, 7) is 1.36. The number of benzene rings is 1. The lowest BCUT2D eigenvalue weighted by atomic mass is 10.2. The average Bonchev–Trinajstić information content (AvgIpc) is 2.52. The van der Waals surface area contributed by atoms with Crippen LogP contribution in [0.25, 0.3) is 11.0 Å². The molecule has 1 aromatic carbocycles. The fraction of sp³-hybridized carbons (Fsp3) is 0.200. The van der Waals surface area contributed by atoms with E-state index >= 15 is 0 Å². The Morgan fingerprint density at radius 3 is 2.70 bits per heavy atom. The van der Waals surface area contributed by atoms with Crippen molar-refractivity contribution in [1.29, 1.82) is 0 Å². The molecule has 0 fully saturated rings. The number of urea groups is 1. The Balaban J connectivity index is 2.02. The quantitative estimate of drug-likeness (QED) is 0.806. The van der Waals surface area contributed by atoms with Crippen LogP contribution in [0, 0.1) is 0 Å². The van der Waals surface area contributed by atoms with Crippen LogP contribution in [0.15, 0.2) is 39.5 Å². The van der Waals surface area contributed by atoms with Gasteiger partial charge in [0.2, 0.25) is 5.76 Å². The SMILES string of the molecule is CCNC(=O)NC(=O)COC(=O)c1cc(=O)c2ccccc2o1. The van der Waals surface area contributed by atoms with Crippen molar-refractivity contribution in [3.05, 3.63) is 46.3 Å². The number of amides is 3. The molecule has 0 saturated heterocycles. The Kier molecular flexibility index (Phi) is 5.08. The third kappa shape index (κ3) is 4.16. The maximum absolute atomic E-state index is 11.9. The maximum atomic E-state index is 11.9. The number of hydrogen-bond donors (Lipinski definition) is 2. The summed E-state index contributed by atoms with van der Waals surface area (Å²) in [7, 11) is 0. The van der Waals surface area contributed by atoms with E-state index in [0.717, 1.165) is 6.07 Å². The van der Waals surface area contributed by atoms with Gasteiger partial charge in [-0.3, -0.25) is 14.9 Å². The van der Waals surface area contributed by atoms with Gasteiger partial charge in [-0.2, -0.15) is 0 Å². The molecule has 1 aromatic heterocycles. The van der Waals surface area contributed by atoms with E-state index < -0.39 is 29.9 Å². The average molecular weight is 318 g/mol. The maximum Gasteiger partial charge on any atom is 0.374 e. The van der Waals surface area contributed by atoms with Crippen LogP contribution >= 0.6 is 0 Å². The number of imide groups is 1. The van der Waals surface area contributed by atoms with Gasteiger partial charge in [0.1, 0.15) is 5.58 Å². The summed E-state index contributed by atoms with van der Waals surface area (Å²) in [6, 6.07) is 6.73. The van der Waals surface area contributed by atoms with E-state index in [1.54, 1.807) is 25.1 Å². The first-order chi connectivity index (χ1) is 11.0. The summed E-state index contributed by atoms with van der Waals surface area (Å²) < 4.78 is 9.98. The first-order valence-electron chi connectivity index (χ1n) is 6.79. The summed E-state index contributed by atoms with van der Waals surface area (Å²) in [5, 5.41) is 4.65. The molecular formula is C15H14N2O6. The van der Waals surface area contributed by atoms with Gasteiger partial charge in [-0.25, -0.2) is 9.59 Å². The van der Waals surface area contributed by atoms with Crippen LogP contribution in [-0.4, -0.2) is 31.1 Å². The molecule has 0 unspecified atom stereocenters. The van der Waals surface area contributed by atoms with Crippen LogP contribution < -0.4 is 16.1 Å². The van der Waals surface area contributed by atoms with Crippen molar-refractivity contribution in [2.24, 2.45) is 0 Å². The molecule has 0 aliphatic carbocycles. The largest absolute Gasteiger partial charge is 0.450 e. The number of fused-ring (bicyclic) bond motifs is 1. The van der Waals surface area contributed by atoms with Gasteiger partial charge in [-0.15, -0.1) is 0 Å². The standard InChI is InChI=1S/C15H14N2O6/c1-2-16-15(21)17-13(19)8-22-14(20)12-7-10(18)9-5-3-4-6-11(9)23-12/h3-7H,2,8H2,1H3,(H2,16,17,19,21). The summed E-state index contributed by atoms with van der Waals surface area (Å²) in [4.78, 5) is 46.2. The van der Waals surface area contributed by atoms with Crippen molar-refractivity contribution in [2.45, 2.75) is 6.92 Å². The van der Waals surface area contributed by atoms with Gasteiger partial charge in [-0.05, 0) is 19.1 Å². The number of carbonyl (C=O) groups is 3. The number of nitrogens with one attached hydrogen (secondary N) is 2. The van der Waals surface area contributed by atoms with Crippen molar-refractivity contribution in [3.8, 4) is 0 Å². The summed E-state index contributed by atoms with van der Waals surface area (Å²) in [6.07, 6.45) is 0. The molecule has 0 aliphatic rings. The second-order valence-electron chi connectivity index (χ2n) is 4.45. The Hall–Kier alpha value is -3.16. The second kappa shape index (κ2) is 7.21. The molecule has 0 saturated carbocycles. The van der Waals surface area contributed by atoms with Gasteiger partial charge in [0.25, 0.3) is 5.91 Å². The molecule has 0 atom stereocenters. The summed E-state index contributed by atoms with van der Waals surface area (Å²) in [5.41, 5.74) is -0.163. The zero-order valence-corrected chi connectivity index (χ0v) is 12.3. The Morgan fingerprint density at radius 1 is 1.22 bits per heavy atom. The highest BCUT2D eigenvalue weighted by Crippen LogP contribution is 2.12. The molecule has 8 heteroatoms. The predicted molar refractivity (Wildman–Crippen MR) is 80.0 cm³/mol. The third-order valence-electron chi connectivity index (χ3n) is 2.76. The van der Waals surface area contributed by atoms with Crippen molar-refractivity contribution < 1.29 is 23.5 Å². The first kappa shape index (κ1) is 16.2. The van der Waals surface area contributed by atoms with Crippen molar-refractivity contribution >= 4 is 28.9 Å². The molecule has 2 aromatic rings. The molecule has 8 nitrogen and oxygen atoms in total. The van der Waals surface area contributed by atoms with Crippen LogP contribution in [0.4, 0.5) is 4.79 Å². The highest BCUT2D eigenvalue weighted by molar-refractivity contribution is 5.96. The zero-order valence-electron chi connectivity index (χ0n) is 12.3. The monoisotopic (exact) mass is 318 g/mol. The summed E-state index contributed by atoms with van der Waals surface area (Å²) >= 11 is 0. The van der Waals surface area contributed by atoms with Gasteiger partial charge in [0.15, 0.2) is 12.0 Å². The van der Waals surface area contributed by atoms with Crippen LogP contribution in [-0.2, 0) is 9.53 Å². The van der Waals surface area contributed by atoms with Crippen LogP contribution in [0.2, 0.25) is 0 Å². The number of rotatable bonds is 4. The molecular weight excluding hydrogens is 304 g/mol. The molecule has 0 spiro atoms. The molecule has 1 heterocycles. The minimum Gasteiger partial charge on any atom is -0.450 e. The van der Waals surface area contributed by atoms with E-state index in [9.17, 15) is 19.2 Å². The van der Waals surface area contributed by atoms with Crippen molar-refractivity contribution in [2.75, 3.05) is 13.2 Å². The van der Waals surface area contributed by atoms with Gasteiger partial charge in [0, 0.05) is 12.6 Å². The number of hydrogen-bond acceptors (Lipinski definition) is 6. The molecule has 0 aliphatic heterocycles. The van der Waals surface area contributed by atoms with E-state index in [1.807, 2.05) is 5.32 Å². The van der Waals surface area contributed by atoms with Gasteiger partial charge in [-0.1, -0.05) is 12.1 Å². The Morgan fingerprint density at radius 2 is 1.96 bits per heavy atom. The molecule has 2 N–H and O–H groups in total. The smallest absolute Gasteiger partial charge is 0.374 e. The van der Waals surface area contributed by atoms with E-state index in [4.69, 9.17) is 9.15 Å². The van der Waals surface area contributed by atoms with Crippen molar-refractivity contribution in [1.82, 2.24) is 10.6 Å². The highest BCUT2D eigenvalue weighted by Gasteiger charge is 2.16. The molecule has 2 rings (SSSR count). The Bertz CT molecular complexity index is 811. The number of ether oxygens (including phenoxy) is 1. The van der Waals surface area contributed by atoms with E-state index in [0.29, 0.717) is 11.9 Å². The molecule has 3 amide bonds. The van der Waals surface area contributed by atoms with E-state index in [-0.39, 0.29) is 11.3 Å². The second-order valence-corrected chi connectivity index (χ2v) is 4.45. The topological polar surface area (TPSA) is 115 Å². The van der Waals surface area contributed by atoms with E-state index in [1.165, 1.54) is 6.07 Å². The molecule has 120 valence electrons. The van der Waals surface area contributed by atoms with Gasteiger partial charge in [0.05, 0.1) is 5.39 Å². The Labute approximate surface area is 130 Å². The van der Waals surface area contributed by atoms with Crippen molar-refractivity contribution in [3.63, 3.8) is 0 Å².